The van der Waals surface area contributed by atoms with Gasteiger partial charge < -0.3 is 9.47 Å². The predicted molar refractivity (Wildman–Crippen MR) is 84.1 cm³/mol. The lowest BCUT2D eigenvalue weighted by Gasteiger charge is -2.19. The number of rotatable bonds is 7. The maximum absolute atomic E-state index is 11.5. The quantitative estimate of drug-likeness (QED) is 0.428. The van der Waals surface area contributed by atoms with E-state index in [4.69, 9.17) is 9.47 Å². The molecule has 1 aromatic carbocycles. The number of halogens is 1. The Kier molecular flexibility index (Phi) is 7.24. The van der Waals surface area contributed by atoms with E-state index in [1.54, 1.807) is 0 Å². The van der Waals surface area contributed by atoms with Gasteiger partial charge in [-0.1, -0.05) is 40.2 Å². The van der Waals surface area contributed by atoms with Gasteiger partial charge in [0.1, 0.15) is 5.60 Å². The first-order valence-corrected chi connectivity index (χ1v) is 7.96. The number of esters is 1. The molecule has 0 saturated carbocycles. The number of carbonyl (C=O) groups is 1. The fraction of sp³-hybridized carbons (Fsp3) is 0.562. The molecule has 0 amide bonds. The van der Waals surface area contributed by atoms with E-state index < -0.39 is 5.60 Å². The zero-order chi connectivity index (χ0) is 15.0. The van der Waals surface area contributed by atoms with Gasteiger partial charge in [0.15, 0.2) is 0 Å². The maximum Gasteiger partial charge on any atom is 0.308 e. The Morgan fingerprint density at radius 2 is 1.70 bits per heavy atom. The van der Waals surface area contributed by atoms with Crippen LogP contribution in [0.4, 0.5) is 0 Å². The lowest BCUT2D eigenvalue weighted by Crippen LogP contribution is -2.24. The van der Waals surface area contributed by atoms with Gasteiger partial charge in [-0.2, -0.15) is 0 Å². The minimum absolute atomic E-state index is 0.209. The van der Waals surface area contributed by atoms with E-state index in [9.17, 15) is 4.79 Å². The van der Waals surface area contributed by atoms with E-state index in [1.165, 1.54) is 11.1 Å². The van der Waals surface area contributed by atoms with Crippen molar-refractivity contribution < 1.29 is 14.3 Å². The minimum Gasteiger partial charge on any atom is -0.460 e. The third-order valence-electron chi connectivity index (χ3n) is 2.58. The Morgan fingerprint density at radius 1 is 1.10 bits per heavy atom. The lowest BCUT2D eigenvalue weighted by atomic mass is 10.1. The third kappa shape index (κ3) is 7.65. The van der Waals surface area contributed by atoms with Gasteiger partial charge >= 0.3 is 5.97 Å². The number of hydrogen-bond donors (Lipinski definition) is 0. The van der Waals surface area contributed by atoms with Crippen molar-refractivity contribution >= 4 is 21.9 Å². The summed E-state index contributed by atoms with van der Waals surface area (Å²) in [5, 5.41) is 0.875. The predicted octanol–water partition coefficient (Wildman–Crippen LogP) is 3.87. The molecule has 0 unspecified atom stereocenters. The summed E-state index contributed by atoms with van der Waals surface area (Å²) >= 11 is 3.42. The standard InChI is InChI=1S/C16H23BrO3/c1-16(2,3)20-15(18)9-11-19-10-8-13-4-6-14(12-17)7-5-13/h4-7H,8-12H2,1-3H3. The average molecular weight is 343 g/mol. The summed E-state index contributed by atoms with van der Waals surface area (Å²) in [5.41, 5.74) is 2.08. The summed E-state index contributed by atoms with van der Waals surface area (Å²) in [5.74, 6) is -0.209. The molecule has 0 aromatic heterocycles. The molecule has 0 heterocycles. The van der Waals surface area contributed by atoms with Crippen LogP contribution >= 0.6 is 15.9 Å². The summed E-state index contributed by atoms with van der Waals surface area (Å²) in [6.07, 6.45) is 1.16. The fourth-order valence-corrected chi connectivity index (χ4v) is 2.01. The highest BCUT2D eigenvalue weighted by atomic mass is 79.9. The van der Waals surface area contributed by atoms with Crippen LogP contribution < -0.4 is 0 Å². The van der Waals surface area contributed by atoms with E-state index in [0.717, 1.165) is 11.8 Å². The van der Waals surface area contributed by atoms with Crippen LogP contribution in [0.5, 0.6) is 0 Å². The third-order valence-corrected chi connectivity index (χ3v) is 3.23. The Bertz CT molecular complexity index is 407. The van der Waals surface area contributed by atoms with Crippen LogP contribution in [0.1, 0.15) is 38.3 Å². The lowest BCUT2D eigenvalue weighted by molar-refractivity contribution is -0.156. The molecule has 0 bridgehead atoms. The first-order valence-electron chi connectivity index (χ1n) is 6.84. The van der Waals surface area contributed by atoms with Crippen molar-refractivity contribution in [1.29, 1.82) is 0 Å². The van der Waals surface area contributed by atoms with Gasteiger partial charge in [0.2, 0.25) is 0 Å². The number of benzene rings is 1. The van der Waals surface area contributed by atoms with Crippen LogP contribution in [0.25, 0.3) is 0 Å². The molecule has 0 N–H and O–H groups in total. The van der Waals surface area contributed by atoms with E-state index in [2.05, 4.69) is 40.2 Å². The van der Waals surface area contributed by atoms with E-state index in [-0.39, 0.29) is 5.97 Å². The van der Waals surface area contributed by atoms with Gasteiger partial charge in [0.05, 0.1) is 19.6 Å². The van der Waals surface area contributed by atoms with Gasteiger partial charge in [0.25, 0.3) is 0 Å². The molecule has 4 heteroatoms. The second-order valence-electron chi connectivity index (χ2n) is 5.65. The van der Waals surface area contributed by atoms with Crippen molar-refractivity contribution in [3.8, 4) is 0 Å². The largest absolute Gasteiger partial charge is 0.460 e. The van der Waals surface area contributed by atoms with Gasteiger partial charge in [-0.3, -0.25) is 4.79 Å². The molecule has 1 aromatic rings. The summed E-state index contributed by atoms with van der Waals surface area (Å²) in [4.78, 5) is 11.5. The zero-order valence-corrected chi connectivity index (χ0v) is 14.0. The Labute approximate surface area is 129 Å². The van der Waals surface area contributed by atoms with Gasteiger partial charge in [-0.25, -0.2) is 0 Å². The molecule has 0 aliphatic heterocycles. The molecule has 20 heavy (non-hydrogen) atoms. The second-order valence-corrected chi connectivity index (χ2v) is 6.21. The van der Waals surface area contributed by atoms with E-state index >= 15 is 0 Å². The van der Waals surface area contributed by atoms with Crippen molar-refractivity contribution in [2.75, 3.05) is 13.2 Å². The van der Waals surface area contributed by atoms with Crippen molar-refractivity contribution in [1.82, 2.24) is 0 Å². The van der Waals surface area contributed by atoms with Crippen LogP contribution in [0.2, 0.25) is 0 Å². The van der Waals surface area contributed by atoms with E-state index in [1.807, 2.05) is 20.8 Å². The fourth-order valence-electron chi connectivity index (χ4n) is 1.64. The van der Waals surface area contributed by atoms with Crippen LogP contribution in [0, 0.1) is 0 Å². The second kappa shape index (κ2) is 8.42. The molecule has 112 valence electrons. The van der Waals surface area contributed by atoms with Gasteiger partial charge in [-0.05, 0) is 38.3 Å². The molecule has 1 rings (SSSR count). The highest BCUT2D eigenvalue weighted by Gasteiger charge is 2.15. The average Bonchev–Trinajstić information content (AvgIpc) is 2.37. The summed E-state index contributed by atoms with van der Waals surface area (Å²) in [6, 6.07) is 8.41. The molecule has 0 saturated heterocycles. The smallest absolute Gasteiger partial charge is 0.308 e. The summed E-state index contributed by atoms with van der Waals surface area (Å²) < 4.78 is 10.7. The topological polar surface area (TPSA) is 35.5 Å². The molecule has 3 nitrogen and oxygen atoms in total. The number of hydrogen-bond acceptors (Lipinski definition) is 3. The number of alkyl halides is 1. The highest BCUT2D eigenvalue weighted by Crippen LogP contribution is 2.09. The van der Waals surface area contributed by atoms with Crippen LogP contribution in [-0.4, -0.2) is 24.8 Å². The van der Waals surface area contributed by atoms with Crippen LogP contribution in [0.15, 0.2) is 24.3 Å². The molecule has 0 fully saturated rings. The maximum atomic E-state index is 11.5. The minimum atomic E-state index is -0.422. The normalized spacial score (nSPS) is 11.4. The molecular weight excluding hydrogens is 320 g/mol. The molecule has 0 aliphatic carbocycles. The van der Waals surface area contributed by atoms with E-state index in [0.29, 0.717) is 19.6 Å². The van der Waals surface area contributed by atoms with Crippen molar-refractivity contribution in [2.45, 2.75) is 44.5 Å². The summed E-state index contributed by atoms with van der Waals surface area (Å²) in [7, 11) is 0. The van der Waals surface area contributed by atoms with Gasteiger partial charge in [0, 0.05) is 5.33 Å². The zero-order valence-electron chi connectivity index (χ0n) is 12.4. The first kappa shape index (κ1) is 17.2. The van der Waals surface area contributed by atoms with Crippen molar-refractivity contribution in [3.05, 3.63) is 35.4 Å². The Morgan fingerprint density at radius 3 is 2.25 bits per heavy atom. The van der Waals surface area contributed by atoms with Crippen LogP contribution in [-0.2, 0) is 26.0 Å². The highest BCUT2D eigenvalue weighted by molar-refractivity contribution is 9.08. The van der Waals surface area contributed by atoms with Gasteiger partial charge in [-0.15, -0.1) is 0 Å². The Hall–Kier alpha value is -0.870. The SMILES string of the molecule is CC(C)(C)OC(=O)CCOCCc1ccc(CBr)cc1. The molecular formula is C16H23BrO3. The number of ether oxygens (including phenoxy) is 2. The molecule has 0 spiro atoms. The summed E-state index contributed by atoms with van der Waals surface area (Å²) in [6.45, 7) is 6.62. The van der Waals surface area contributed by atoms with Crippen molar-refractivity contribution in [3.63, 3.8) is 0 Å². The molecule has 0 aliphatic rings. The van der Waals surface area contributed by atoms with Crippen LogP contribution in [0.3, 0.4) is 0 Å². The number of carbonyl (C=O) groups excluding carboxylic acids is 1. The first-order chi connectivity index (χ1) is 9.40. The monoisotopic (exact) mass is 342 g/mol. The molecule has 0 radical (unpaired) electrons. The molecule has 0 atom stereocenters. The van der Waals surface area contributed by atoms with Crippen molar-refractivity contribution in [2.24, 2.45) is 0 Å². The Balaban J connectivity index is 2.14.